The van der Waals surface area contributed by atoms with Crippen molar-refractivity contribution >= 4 is 5.91 Å². The van der Waals surface area contributed by atoms with Gasteiger partial charge in [-0.3, -0.25) is 9.69 Å². The molecule has 3 nitrogen and oxygen atoms in total. The summed E-state index contributed by atoms with van der Waals surface area (Å²) < 4.78 is 0. The third-order valence-electron chi connectivity index (χ3n) is 4.33. The van der Waals surface area contributed by atoms with Crippen molar-refractivity contribution < 1.29 is 4.79 Å². The Morgan fingerprint density at radius 3 is 2.12 bits per heavy atom. The second kappa shape index (κ2) is 9.89. The van der Waals surface area contributed by atoms with Gasteiger partial charge in [0, 0.05) is 6.54 Å². The molecule has 3 heteroatoms. The maximum Gasteiger partial charge on any atom is 0.241 e. The summed E-state index contributed by atoms with van der Waals surface area (Å²) >= 11 is 0. The number of nitrogens with zero attached hydrogens (tertiary/aromatic N) is 1. The van der Waals surface area contributed by atoms with Gasteiger partial charge in [0.1, 0.15) is 6.04 Å². The van der Waals surface area contributed by atoms with Gasteiger partial charge in [0.05, 0.1) is 0 Å². The van der Waals surface area contributed by atoms with E-state index in [4.69, 9.17) is 0 Å². The van der Waals surface area contributed by atoms with E-state index in [1.807, 2.05) is 36.4 Å². The summed E-state index contributed by atoms with van der Waals surface area (Å²) in [6.07, 6.45) is 1.94. The highest BCUT2D eigenvalue weighted by Gasteiger charge is 2.25. The fourth-order valence-electron chi connectivity index (χ4n) is 3.00. The molecule has 0 aromatic heterocycles. The standard InChI is InChI=1S/C21H28N2O/c1-3-23(4-2)20(19-15-9-6-10-16-19)21(24)22-17-11-14-18-12-7-5-8-13-18/h5-10,12-13,15-16,20H,3-4,11,14,17H2,1-2H3,(H,22,24). The van der Waals surface area contributed by atoms with Crippen LogP contribution < -0.4 is 5.32 Å². The Labute approximate surface area is 145 Å². The SMILES string of the molecule is CCN(CC)C(C(=O)NCCCc1ccccc1)c1ccccc1. The van der Waals surface area contributed by atoms with Crippen LogP contribution in [0.4, 0.5) is 0 Å². The Morgan fingerprint density at radius 1 is 0.958 bits per heavy atom. The lowest BCUT2D eigenvalue weighted by Crippen LogP contribution is -2.41. The molecule has 1 amide bonds. The highest BCUT2D eigenvalue weighted by molar-refractivity contribution is 5.83. The zero-order valence-electron chi connectivity index (χ0n) is 14.7. The zero-order valence-corrected chi connectivity index (χ0v) is 14.7. The van der Waals surface area contributed by atoms with Crippen LogP contribution in [0.25, 0.3) is 0 Å². The fourth-order valence-corrected chi connectivity index (χ4v) is 3.00. The molecule has 0 radical (unpaired) electrons. The Kier molecular flexibility index (Phi) is 7.50. The van der Waals surface area contributed by atoms with Gasteiger partial charge in [-0.25, -0.2) is 0 Å². The number of rotatable bonds is 9. The third kappa shape index (κ3) is 5.20. The Bertz CT molecular complexity index is 594. The molecular formula is C21H28N2O. The van der Waals surface area contributed by atoms with Gasteiger partial charge < -0.3 is 5.32 Å². The molecule has 0 aliphatic heterocycles. The third-order valence-corrected chi connectivity index (χ3v) is 4.33. The molecule has 0 heterocycles. The van der Waals surface area contributed by atoms with Gasteiger partial charge in [-0.2, -0.15) is 0 Å². The van der Waals surface area contributed by atoms with Crippen LogP contribution >= 0.6 is 0 Å². The van der Waals surface area contributed by atoms with Crippen molar-refractivity contribution in [2.24, 2.45) is 0 Å². The number of carbonyl (C=O) groups excluding carboxylic acids is 1. The van der Waals surface area contributed by atoms with Crippen molar-refractivity contribution in [3.05, 3.63) is 71.8 Å². The van der Waals surface area contributed by atoms with Gasteiger partial charge in [0.2, 0.25) is 5.91 Å². The Hall–Kier alpha value is -2.13. The summed E-state index contributed by atoms with van der Waals surface area (Å²) in [5, 5.41) is 3.12. The number of benzene rings is 2. The zero-order chi connectivity index (χ0) is 17.2. The van der Waals surface area contributed by atoms with E-state index in [1.165, 1.54) is 5.56 Å². The summed E-state index contributed by atoms with van der Waals surface area (Å²) in [6, 6.07) is 20.2. The lowest BCUT2D eigenvalue weighted by Gasteiger charge is -2.29. The lowest BCUT2D eigenvalue weighted by molar-refractivity contribution is -0.126. The highest BCUT2D eigenvalue weighted by Crippen LogP contribution is 2.20. The van der Waals surface area contributed by atoms with E-state index in [9.17, 15) is 4.79 Å². The molecule has 2 rings (SSSR count). The number of likely N-dealkylation sites (N-methyl/N-ethyl adjacent to an activating group) is 1. The molecule has 0 saturated heterocycles. The number of hydrogen-bond acceptors (Lipinski definition) is 2. The molecule has 0 fully saturated rings. The normalized spacial score (nSPS) is 12.1. The molecule has 24 heavy (non-hydrogen) atoms. The van der Waals surface area contributed by atoms with Crippen LogP contribution in [0.2, 0.25) is 0 Å². The first-order valence-corrected chi connectivity index (χ1v) is 8.86. The number of nitrogens with one attached hydrogen (secondary N) is 1. The van der Waals surface area contributed by atoms with Crippen LogP contribution in [0.3, 0.4) is 0 Å². The minimum Gasteiger partial charge on any atom is -0.354 e. The van der Waals surface area contributed by atoms with E-state index >= 15 is 0 Å². The first kappa shape index (κ1) is 18.2. The van der Waals surface area contributed by atoms with Crippen molar-refractivity contribution in [1.82, 2.24) is 10.2 Å². The summed E-state index contributed by atoms with van der Waals surface area (Å²) in [5.41, 5.74) is 2.37. The quantitative estimate of drug-likeness (QED) is 0.711. The predicted octanol–water partition coefficient (Wildman–Crippen LogP) is 3.82. The molecule has 0 bridgehead atoms. The Balaban J connectivity index is 1.93. The molecule has 1 atom stereocenters. The number of carbonyl (C=O) groups is 1. The summed E-state index contributed by atoms with van der Waals surface area (Å²) in [5.74, 6) is 0.0953. The Morgan fingerprint density at radius 2 is 1.54 bits per heavy atom. The second-order valence-corrected chi connectivity index (χ2v) is 5.91. The molecule has 1 unspecified atom stereocenters. The van der Waals surface area contributed by atoms with E-state index in [-0.39, 0.29) is 11.9 Å². The van der Waals surface area contributed by atoms with Gasteiger partial charge in [-0.1, -0.05) is 74.5 Å². The van der Waals surface area contributed by atoms with E-state index in [1.54, 1.807) is 0 Å². The summed E-state index contributed by atoms with van der Waals surface area (Å²) in [6.45, 7) is 6.61. The van der Waals surface area contributed by atoms with Crippen LogP contribution in [-0.4, -0.2) is 30.4 Å². The van der Waals surface area contributed by atoms with Crippen LogP contribution in [0, 0.1) is 0 Å². The average Bonchev–Trinajstić information content (AvgIpc) is 2.64. The van der Waals surface area contributed by atoms with Crippen molar-refractivity contribution in [3.63, 3.8) is 0 Å². The van der Waals surface area contributed by atoms with E-state index in [0.29, 0.717) is 6.54 Å². The number of hydrogen-bond donors (Lipinski definition) is 1. The van der Waals surface area contributed by atoms with Crippen LogP contribution in [0.1, 0.15) is 37.4 Å². The minimum atomic E-state index is -0.210. The predicted molar refractivity (Wildman–Crippen MR) is 99.9 cm³/mol. The minimum absolute atomic E-state index is 0.0953. The van der Waals surface area contributed by atoms with Crippen molar-refractivity contribution in [2.45, 2.75) is 32.7 Å². The first-order valence-electron chi connectivity index (χ1n) is 8.86. The lowest BCUT2D eigenvalue weighted by atomic mass is 10.0. The van der Waals surface area contributed by atoms with E-state index < -0.39 is 0 Å². The van der Waals surface area contributed by atoms with Crippen LogP contribution in [0.5, 0.6) is 0 Å². The van der Waals surface area contributed by atoms with Gasteiger partial charge in [-0.15, -0.1) is 0 Å². The summed E-state index contributed by atoms with van der Waals surface area (Å²) in [4.78, 5) is 15.0. The van der Waals surface area contributed by atoms with Crippen molar-refractivity contribution in [1.29, 1.82) is 0 Å². The molecule has 1 N–H and O–H groups in total. The summed E-state index contributed by atoms with van der Waals surface area (Å²) in [7, 11) is 0. The number of amides is 1. The van der Waals surface area contributed by atoms with E-state index in [0.717, 1.165) is 31.5 Å². The first-order chi connectivity index (χ1) is 11.8. The topological polar surface area (TPSA) is 32.3 Å². The van der Waals surface area contributed by atoms with Gasteiger partial charge >= 0.3 is 0 Å². The highest BCUT2D eigenvalue weighted by atomic mass is 16.2. The van der Waals surface area contributed by atoms with Gasteiger partial charge in [0.25, 0.3) is 0 Å². The fraction of sp³-hybridized carbons (Fsp3) is 0.381. The molecule has 2 aromatic rings. The van der Waals surface area contributed by atoms with Gasteiger partial charge in [-0.05, 0) is 37.1 Å². The van der Waals surface area contributed by atoms with Crippen LogP contribution in [-0.2, 0) is 11.2 Å². The van der Waals surface area contributed by atoms with Crippen molar-refractivity contribution in [2.75, 3.05) is 19.6 Å². The van der Waals surface area contributed by atoms with E-state index in [2.05, 4.69) is 48.3 Å². The molecule has 0 spiro atoms. The number of aryl methyl sites for hydroxylation is 1. The maximum absolute atomic E-state index is 12.8. The molecule has 2 aromatic carbocycles. The second-order valence-electron chi connectivity index (χ2n) is 5.91. The molecule has 0 aliphatic rings. The molecule has 0 aliphatic carbocycles. The molecule has 0 saturated carbocycles. The largest absolute Gasteiger partial charge is 0.354 e. The van der Waals surface area contributed by atoms with Crippen molar-refractivity contribution in [3.8, 4) is 0 Å². The van der Waals surface area contributed by atoms with Crippen LogP contribution in [0.15, 0.2) is 60.7 Å². The monoisotopic (exact) mass is 324 g/mol. The van der Waals surface area contributed by atoms with Gasteiger partial charge in [0.15, 0.2) is 0 Å². The molecular weight excluding hydrogens is 296 g/mol. The average molecular weight is 324 g/mol. The molecule has 128 valence electrons. The maximum atomic E-state index is 12.8. The smallest absolute Gasteiger partial charge is 0.241 e.